The number of amides is 1. The van der Waals surface area contributed by atoms with Gasteiger partial charge in [-0.25, -0.2) is 13.2 Å². The number of rotatable bonds is 3. The van der Waals surface area contributed by atoms with Crippen molar-refractivity contribution in [1.82, 2.24) is 9.21 Å². The van der Waals surface area contributed by atoms with Crippen molar-refractivity contribution in [1.29, 1.82) is 0 Å². The van der Waals surface area contributed by atoms with Crippen molar-refractivity contribution < 1.29 is 22.7 Å². The third-order valence-corrected chi connectivity index (χ3v) is 7.13. The van der Waals surface area contributed by atoms with Gasteiger partial charge in [-0.3, -0.25) is 4.90 Å². The molecule has 8 heteroatoms. The van der Waals surface area contributed by atoms with E-state index in [2.05, 4.69) is 0 Å². The third kappa shape index (κ3) is 3.90. The summed E-state index contributed by atoms with van der Waals surface area (Å²) in [6.07, 6.45) is 0.189. The maximum Gasteiger partial charge on any atom is 0.412 e. The summed E-state index contributed by atoms with van der Waals surface area (Å²) in [6.45, 7) is 11.6. The molecule has 0 aliphatic carbocycles. The molecule has 0 radical (unpaired) electrons. The van der Waals surface area contributed by atoms with Crippen molar-refractivity contribution >= 4 is 16.1 Å². The molecule has 1 aromatic rings. The van der Waals surface area contributed by atoms with E-state index in [1.165, 1.54) is 4.31 Å². The lowest BCUT2D eigenvalue weighted by Gasteiger charge is -2.46. The summed E-state index contributed by atoms with van der Waals surface area (Å²) in [5.41, 5.74) is -0.503. The van der Waals surface area contributed by atoms with E-state index in [0.717, 1.165) is 5.56 Å². The number of hydrogen-bond acceptors (Lipinski definition) is 5. The van der Waals surface area contributed by atoms with Crippen molar-refractivity contribution in [3.05, 3.63) is 29.8 Å². The summed E-state index contributed by atoms with van der Waals surface area (Å²) >= 11 is 0. The van der Waals surface area contributed by atoms with Gasteiger partial charge in [0.05, 0.1) is 17.5 Å². The van der Waals surface area contributed by atoms with Crippen LogP contribution < -0.4 is 0 Å². The van der Waals surface area contributed by atoms with Crippen LogP contribution in [0.2, 0.25) is 0 Å². The number of ether oxygens (including phenoxy) is 2. The first-order chi connectivity index (χ1) is 12.8. The number of nitrogens with zero attached hydrogens (tertiary/aromatic N) is 2. The Morgan fingerprint density at radius 3 is 2.29 bits per heavy atom. The zero-order valence-electron chi connectivity index (χ0n) is 17.4. The number of carbonyl (C=O) groups is 1. The zero-order valence-corrected chi connectivity index (χ0v) is 18.2. The zero-order chi connectivity index (χ0) is 20.9. The summed E-state index contributed by atoms with van der Waals surface area (Å²) in [7, 11) is -3.63. The highest BCUT2D eigenvalue weighted by atomic mass is 32.2. The van der Waals surface area contributed by atoms with Gasteiger partial charge in [-0.1, -0.05) is 17.7 Å². The molecule has 1 aromatic carbocycles. The molecule has 0 N–H and O–H groups in total. The Labute approximate surface area is 167 Å². The standard InChI is InChI=1S/C20H30N2O5S/c1-14-7-9-15(10-8-14)28(24,25)21-12-11-16(21)17-13-26-20(5,6)22(17)18(23)27-19(2,3)4/h7-10,16-17H,11-13H2,1-6H3/t16-,17-/m0/s1. The van der Waals surface area contributed by atoms with E-state index in [0.29, 0.717) is 13.0 Å². The van der Waals surface area contributed by atoms with Gasteiger partial charge in [0.25, 0.3) is 0 Å². The van der Waals surface area contributed by atoms with Crippen LogP contribution in [-0.2, 0) is 19.5 Å². The van der Waals surface area contributed by atoms with Crippen LogP contribution in [0.3, 0.4) is 0 Å². The first-order valence-corrected chi connectivity index (χ1v) is 11.0. The minimum absolute atomic E-state index is 0.268. The SMILES string of the molecule is Cc1ccc(S(=O)(=O)N2CC[C@H]2[C@@H]2COC(C)(C)N2C(=O)OC(C)(C)C)cc1. The molecule has 3 rings (SSSR count). The fourth-order valence-electron chi connectivity index (χ4n) is 3.69. The Bertz CT molecular complexity index is 842. The first kappa shape index (κ1) is 21.1. The van der Waals surface area contributed by atoms with Gasteiger partial charge in [-0.2, -0.15) is 4.31 Å². The average Bonchev–Trinajstić information content (AvgIpc) is 2.79. The van der Waals surface area contributed by atoms with Crippen molar-refractivity contribution in [3.63, 3.8) is 0 Å². The number of benzene rings is 1. The second-order valence-corrected chi connectivity index (χ2v) is 10.9. The average molecular weight is 411 g/mol. The summed E-state index contributed by atoms with van der Waals surface area (Å²) < 4.78 is 39.1. The number of carbonyl (C=O) groups excluding carboxylic acids is 1. The number of aryl methyl sites for hydroxylation is 1. The molecule has 1 amide bonds. The molecule has 2 saturated heterocycles. The molecular formula is C20H30N2O5S. The normalized spacial score (nSPS) is 25.4. The molecule has 2 atom stereocenters. The fourth-order valence-corrected chi connectivity index (χ4v) is 5.39. The van der Waals surface area contributed by atoms with Gasteiger partial charge in [-0.05, 0) is 60.1 Å². The van der Waals surface area contributed by atoms with Gasteiger partial charge < -0.3 is 9.47 Å². The van der Waals surface area contributed by atoms with Gasteiger partial charge >= 0.3 is 6.09 Å². The lowest BCUT2D eigenvalue weighted by atomic mass is 9.97. The molecule has 0 aromatic heterocycles. The van der Waals surface area contributed by atoms with Crippen molar-refractivity contribution in [2.45, 2.75) is 76.3 Å². The first-order valence-electron chi connectivity index (χ1n) is 9.58. The van der Waals surface area contributed by atoms with Crippen LogP contribution in [0, 0.1) is 6.92 Å². The smallest absolute Gasteiger partial charge is 0.412 e. The van der Waals surface area contributed by atoms with Crippen LogP contribution in [0.5, 0.6) is 0 Å². The van der Waals surface area contributed by atoms with E-state index < -0.39 is 27.4 Å². The van der Waals surface area contributed by atoms with Crippen LogP contribution in [0.4, 0.5) is 4.79 Å². The predicted molar refractivity (Wildman–Crippen MR) is 105 cm³/mol. The Hall–Kier alpha value is -1.64. The van der Waals surface area contributed by atoms with Crippen LogP contribution in [-0.4, -0.2) is 60.3 Å². The molecule has 0 saturated carbocycles. The van der Waals surface area contributed by atoms with Gasteiger partial charge in [0, 0.05) is 12.6 Å². The second kappa shape index (κ2) is 7.00. The third-order valence-electron chi connectivity index (χ3n) is 5.20. The molecule has 2 heterocycles. The Balaban J connectivity index is 1.85. The highest BCUT2D eigenvalue weighted by Gasteiger charge is 2.54. The van der Waals surface area contributed by atoms with Crippen LogP contribution in [0.25, 0.3) is 0 Å². The largest absolute Gasteiger partial charge is 0.444 e. The molecule has 2 aliphatic heterocycles. The number of hydrogen-bond donors (Lipinski definition) is 0. The van der Waals surface area contributed by atoms with E-state index in [4.69, 9.17) is 9.47 Å². The van der Waals surface area contributed by atoms with Gasteiger partial charge in [-0.15, -0.1) is 0 Å². The van der Waals surface area contributed by atoms with Gasteiger partial charge in [0.15, 0.2) is 0 Å². The van der Waals surface area contributed by atoms with Crippen molar-refractivity contribution in [2.24, 2.45) is 0 Å². The van der Waals surface area contributed by atoms with Crippen LogP contribution in [0.15, 0.2) is 29.2 Å². The topological polar surface area (TPSA) is 76.2 Å². The van der Waals surface area contributed by atoms with Gasteiger partial charge in [0.1, 0.15) is 11.3 Å². The lowest BCUT2D eigenvalue weighted by Crippen LogP contribution is -2.63. The molecule has 2 fully saturated rings. The highest BCUT2D eigenvalue weighted by Crippen LogP contribution is 2.38. The summed E-state index contributed by atoms with van der Waals surface area (Å²) in [5.74, 6) is 0. The monoisotopic (exact) mass is 410 g/mol. The molecule has 0 bridgehead atoms. The Morgan fingerprint density at radius 1 is 1.18 bits per heavy atom. The summed E-state index contributed by atoms with van der Waals surface area (Å²) in [6, 6.07) is 6.11. The predicted octanol–water partition coefficient (Wildman–Crippen LogP) is 3.13. The summed E-state index contributed by atoms with van der Waals surface area (Å²) in [4.78, 5) is 14.7. The molecule has 7 nitrogen and oxygen atoms in total. The van der Waals surface area contributed by atoms with E-state index in [1.807, 2.05) is 6.92 Å². The summed E-state index contributed by atoms with van der Waals surface area (Å²) in [5, 5.41) is 0. The maximum atomic E-state index is 13.1. The molecule has 0 unspecified atom stereocenters. The number of sulfonamides is 1. The molecule has 0 spiro atoms. The Kier molecular flexibility index (Phi) is 5.27. The van der Waals surface area contributed by atoms with E-state index in [9.17, 15) is 13.2 Å². The van der Waals surface area contributed by atoms with Crippen molar-refractivity contribution in [3.8, 4) is 0 Å². The Morgan fingerprint density at radius 2 is 1.79 bits per heavy atom. The lowest BCUT2D eigenvalue weighted by molar-refractivity contribution is -0.0665. The molecular weight excluding hydrogens is 380 g/mol. The molecule has 156 valence electrons. The second-order valence-electron chi connectivity index (χ2n) is 8.96. The van der Waals surface area contributed by atoms with Crippen molar-refractivity contribution in [2.75, 3.05) is 13.2 Å². The molecule has 2 aliphatic rings. The molecule has 28 heavy (non-hydrogen) atoms. The van der Waals surface area contributed by atoms with E-state index in [1.54, 1.807) is 63.8 Å². The minimum Gasteiger partial charge on any atom is -0.444 e. The quantitative estimate of drug-likeness (QED) is 0.765. The fraction of sp³-hybridized carbons (Fsp3) is 0.650. The van der Waals surface area contributed by atoms with Crippen LogP contribution >= 0.6 is 0 Å². The minimum atomic E-state index is -3.63. The maximum absolute atomic E-state index is 13.1. The van der Waals surface area contributed by atoms with E-state index >= 15 is 0 Å². The van der Waals surface area contributed by atoms with E-state index in [-0.39, 0.29) is 23.6 Å². The van der Waals surface area contributed by atoms with Gasteiger partial charge in [0.2, 0.25) is 10.0 Å². The van der Waals surface area contributed by atoms with Crippen LogP contribution in [0.1, 0.15) is 46.6 Å². The highest BCUT2D eigenvalue weighted by molar-refractivity contribution is 7.89.